The molecule has 26 heavy (non-hydrogen) atoms. The first-order valence-electron chi connectivity index (χ1n) is 8.12. The van der Waals surface area contributed by atoms with E-state index < -0.39 is 16.1 Å². The monoisotopic (exact) mass is 380 g/mol. The molecular weight excluding hydrogens is 360 g/mol. The minimum absolute atomic E-state index is 0.0205. The Labute approximate surface area is 151 Å². The van der Waals surface area contributed by atoms with Crippen molar-refractivity contribution in [3.8, 4) is 0 Å². The van der Waals surface area contributed by atoms with Gasteiger partial charge in [-0.2, -0.15) is 4.31 Å². The number of likely N-dealkylation sites (N-methyl/N-ethyl adjacent to an activating group) is 1. The molecule has 3 rings (SSSR count). The van der Waals surface area contributed by atoms with Gasteiger partial charge < -0.3 is 15.1 Å². The number of anilines is 1. The number of hydrogen-bond acceptors (Lipinski definition) is 5. The maximum absolute atomic E-state index is 12.9. The van der Waals surface area contributed by atoms with Crippen LogP contribution in [0.1, 0.15) is 6.92 Å². The van der Waals surface area contributed by atoms with Gasteiger partial charge in [-0.1, -0.05) is 0 Å². The molecule has 9 nitrogen and oxygen atoms in total. The number of fused-ring (bicyclic) bond motifs is 1. The normalized spacial score (nSPS) is 21.5. The van der Waals surface area contributed by atoms with Crippen molar-refractivity contribution in [2.24, 2.45) is 0 Å². The molecule has 0 bridgehead atoms. The maximum Gasteiger partial charge on any atom is 0.246 e. The number of rotatable bonds is 3. The maximum atomic E-state index is 12.9. The zero-order valence-electron chi connectivity index (χ0n) is 14.5. The summed E-state index contributed by atoms with van der Waals surface area (Å²) in [6.07, 6.45) is 0. The topological polar surface area (TPSA) is 107 Å². The van der Waals surface area contributed by atoms with Crippen LogP contribution >= 0.6 is 0 Å². The Bertz CT molecular complexity index is 852. The third-order valence-corrected chi connectivity index (χ3v) is 6.39. The molecule has 1 aromatic carbocycles. The molecule has 3 amide bonds. The summed E-state index contributed by atoms with van der Waals surface area (Å²) < 4.78 is 27.0. The molecule has 0 saturated carbocycles. The van der Waals surface area contributed by atoms with Crippen molar-refractivity contribution in [3.05, 3.63) is 24.3 Å². The van der Waals surface area contributed by atoms with Gasteiger partial charge in [0, 0.05) is 39.3 Å². The molecule has 0 unspecified atom stereocenters. The minimum atomic E-state index is -3.80. The summed E-state index contributed by atoms with van der Waals surface area (Å²) in [5, 5.41) is 2.57. The molecule has 2 fully saturated rings. The largest absolute Gasteiger partial charge is 0.335 e. The summed E-state index contributed by atoms with van der Waals surface area (Å²) in [4.78, 5) is 38.3. The van der Waals surface area contributed by atoms with Gasteiger partial charge in [0.15, 0.2) is 0 Å². The van der Waals surface area contributed by atoms with Gasteiger partial charge in [-0.15, -0.1) is 0 Å². The number of amides is 3. The highest BCUT2D eigenvalue weighted by molar-refractivity contribution is 7.89. The lowest BCUT2D eigenvalue weighted by Gasteiger charge is -2.44. The van der Waals surface area contributed by atoms with Crippen molar-refractivity contribution in [2.45, 2.75) is 17.9 Å². The van der Waals surface area contributed by atoms with Crippen LogP contribution in [0, 0.1) is 0 Å². The van der Waals surface area contributed by atoms with Gasteiger partial charge in [0.2, 0.25) is 27.7 Å². The summed E-state index contributed by atoms with van der Waals surface area (Å²) >= 11 is 0. The predicted molar refractivity (Wildman–Crippen MR) is 92.6 cm³/mol. The smallest absolute Gasteiger partial charge is 0.246 e. The third kappa shape index (κ3) is 3.29. The summed E-state index contributed by atoms with van der Waals surface area (Å²) in [7, 11) is -2.27. The van der Waals surface area contributed by atoms with Gasteiger partial charge >= 0.3 is 0 Å². The molecule has 10 heteroatoms. The van der Waals surface area contributed by atoms with E-state index in [1.807, 2.05) is 0 Å². The van der Waals surface area contributed by atoms with Gasteiger partial charge in [-0.05, 0) is 24.3 Å². The molecule has 0 aliphatic carbocycles. The SMILES string of the molecule is CC(=O)Nc1ccc(S(=O)(=O)N2CCN3C(=O)CN(C)C(=O)[C@H]3C2)cc1. The van der Waals surface area contributed by atoms with Crippen molar-refractivity contribution in [3.63, 3.8) is 0 Å². The van der Waals surface area contributed by atoms with Crippen molar-refractivity contribution in [1.82, 2.24) is 14.1 Å². The van der Waals surface area contributed by atoms with E-state index in [1.165, 1.54) is 52.3 Å². The van der Waals surface area contributed by atoms with Gasteiger partial charge in [0.1, 0.15) is 6.04 Å². The number of nitrogens with one attached hydrogen (secondary N) is 1. The molecule has 140 valence electrons. The van der Waals surface area contributed by atoms with Crippen molar-refractivity contribution in [1.29, 1.82) is 0 Å². The predicted octanol–water partition coefficient (Wildman–Crippen LogP) is -0.681. The van der Waals surface area contributed by atoms with Crippen LogP contribution in [0.15, 0.2) is 29.2 Å². The van der Waals surface area contributed by atoms with Crippen molar-refractivity contribution in [2.75, 3.05) is 38.5 Å². The van der Waals surface area contributed by atoms with E-state index in [0.717, 1.165) is 0 Å². The highest BCUT2D eigenvalue weighted by atomic mass is 32.2. The molecule has 1 aromatic rings. The highest BCUT2D eigenvalue weighted by Gasteiger charge is 2.44. The molecule has 1 N–H and O–H groups in total. The Morgan fingerprint density at radius 1 is 1.15 bits per heavy atom. The highest BCUT2D eigenvalue weighted by Crippen LogP contribution is 2.24. The molecule has 2 aliphatic rings. The lowest BCUT2D eigenvalue weighted by molar-refractivity contribution is -0.156. The minimum Gasteiger partial charge on any atom is -0.335 e. The Morgan fingerprint density at radius 2 is 1.81 bits per heavy atom. The van der Waals surface area contributed by atoms with E-state index >= 15 is 0 Å². The number of carbonyl (C=O) groups excluding carboxylic acids is 3. The van der Waals surface area contributed by atoms with E-state index in [2.05, 4.69) is 5.32 Å². The van der Waals surface area contributed by atoms with Crippen LogP contribution in [0.4, 0.5) is 5.69 Å². The average molecular weight is 380 g/mol. The first-order chi connectivity index (χ1) is 12.2. The van der Waals surface area contributed by atoms with Gasteiger partial charge in [0.25, 0.3) is 0 Å². The van der Waals surface area contributed by atoms with E-state index in [1.54, 1.807) is 0 Å². The van der Waals surface area contributed by atoms with Crippen LogP contribution in [0.3, 0.4) is 0 Å². The van der Waals surface area contributed by atoms with Gasteiger partial charge in [0.05, 0.1) is 11.4 Å². The summed E-state index contributed by atoms with van der Waals surface area (Å²) in [6.45, 7) is 1.64. The standard InChI is InChI=1S/C16H20N4O5S/c1-11(21)17-12-3-5-13(6-4-12)26(24,25)19-7-8-20-14(9-19)16(23)18(2)10-15(20)22/h3-6,14H,7-10H2,1-2H3,(H,17,21)/t14-/m1/s1. The van der Waals surface area contributed by atoms with Crippen LogP contribution in [-0.2, 0) is 24.4 Å². The molecule has 2 aliphatic heterocycles. The van der Waals surface area contributed by atoms with Crippen LogP contribution in [-0.4, -0.2) is 79.5 Å². The molecule has 2 saturated heterocycles. The number of sulfonamides is 1. The van der Waals surface area contributed by atoms with Crippen LogP contribution < -0.4 is 5.32 Å². The number of benzene rings is 1. The van der Waals surface area contributed by atoms with Crippen molar-refractivity contribution < 1.29 is 22.8 Å². The van der Waals surface area contributed by atoms with Crippen LogP contribution in [0.25, 0.3) is 0 Å². The molecule has 0 aromatic heterocycles. The van der Waals surface area contributed by atoms with Crippen LogP contribution in [0.2, 0.25) is 0 Å². The molecule has 1 atom stereocenters. The lowest BCUT2D eigenvalue weighted by atomic mass is 10.1. The molecule has 0 spiro atoms. The quantitative estimate of drug-likeness (QED) is 0.748. The number of hydrogen-bond donors (Lipinski definition) is 1. The van der Waals surface area contributed by atoms with Gasteiger partial charge in [-0.3, -0.25) is 14.4 Å². The zero-order chi connectivity index (χ0) is 19.1. The molecule has 2 heterocycles. The fourth-order valence-electron chi connectivity index (χ4n) is 3.17. The summed E-state index contributed by atoms with van der Waals surface area (Å²) in [5.41, 5.74) is 0.496. The summed E-state index contributed by atoms with van der Waals surface area (Å²) in [6, 6.07) is 5.05. The zero-order valence-corrected chi connectivity index (χ0v) is 15.3. The first-order valence-corrected chi connectivity index (χ1v) is 9.56. The number of carbonyl (C=O) groups is 3. The third-order valence-electron chi connectivity index (χ3n) is 4.51. The fourth-order valence-corrected chi connectivity index (χ4v) is 4.61. The van der Waals surface area contributed by atoms with E-state index in [9.17, 15) is 22.8 Å². The van der Waals surface area contributed by atoms with Crippen LogP contribution in [0.5, 0.6) is 0 Å². The number of nitrogens with zero attached hydrogens (tertiary/aromatic N) is 3. The second-order valence-electron chi connectivity index (χ2n) is 6.37. The summed E-state index contributed by atoms with van der Waals surface area (Å²) in [5.74, 6) is -0.680. The molecule has 0 radical (unpaired) electrons. The Hall–Kier alpha value is -2.46. The Balaban J connectivity index is 1.81. The van der Waals surface area contributed by atoms with E-state index in [4.69, 9.17) is 0 Å². The Morgan fingerprint density at radius 3 is 2.42 bits per heavy atom. The second kappa shape index (κ2) is 6.69. The lowest BCUT2D eigenvalue weighted by Crippen LogP contribution is -2.66. The number of piperazine rings is 2. The van der Waals surface area contributed by atoms with E-state index in [0.29, 0.717) is 5.69 Å². The van der Waals surface area contributed by atoms with E-state index in [-0.39, 0.29) is 48.8 Å². The molecular formula is C16H20N4O5S. The first kappa shape index (κ1) is 18.3. The Kier molecular flexibility index (Phi) is 4.72. The average Bonchev–Trinajstić information content (AvgIpc) is 2.59. The fraction of sp³-hybridized carbons (Fsp3) is 0.438. The van der Waals surface area contributed by atoms with Crippen molar-refractivity contribution >= 4 is 33.4 Å². The van der Waals surface area contributed by atoms with Gasteiger partial charge in [-0.25, -0.2) is 8.42 Å². The second-order valence-corrected chi connectivity index (χ2v) is 8.30.